The molecule has 0 saturated carbocycles. The third-order valence-corrected chi connectivity index (χ3v) is 3.17. The molecule has 96 valence electrons. The molecule has 0 aliphatic heterocycles. The molecule has 0 N–H and O–H groups in total. The predicted molar refractivity (Wildman–Crippen MR) is 81.0 cm³/mol. The molecule has 3 aromatic rings. The number of hydrogen-bond acceptors (Lipinski definition) is 4. The van der Waals surface area contributed by atoms with Crippen LogP contribution < -0.4 is 0 Å². The van der Waals surface area contributed by atoms with Crippen molar-refractivity contribution in [3.63, 3.8) is 0 Å². The second kappa shape index (κ2) is 6.92. The summed E-state index contributed by atoms with van der Waals surface area (Å²) in [5, 5.41) is 2.96. The van der Waals surface area contributed by atoms with E-state index in [0.717, 1.165) is 21.9 Å². The molecule has 0 radical (unpaired) electrons. The van der Waals surface area contributed by atoms with Gasteiger partial charge in [-0.2, -0.15) is 0 Å². The molecule has 3 nitrogen and oxygen atoms in total. The van der Waals surface area contributed by atoms with Gasteiger partial charge >= 0.3 is 0 Å². The predicted octanol–water partition coefficient (Wildman–Crippen LogP) is 4.18. The quantitative estimate of drug-likeness (QED) is 0.568. The molecule has 0 spiro atoms. The highest BCUT2D eigenvalue weighted by atomic mass is 32.1. The molecular weight excluding hydrogens is 278 g/mol. The van der Waals surface area contributed by atoms with Crippen LogP contribution in [0.1, 0.15) is 0 Å². The molecule has 19 heavy (non-hydrogen) atoms. The highest BCUT2D eigenvalue weighted by Gasteiger charge is 2.12. The van der Waals surface area contributed by atoms with E-state index < -0.39 is 0 Å². The number of benzene rings is 1. The molecule has 0 saturated heterocycles. The fraction of sp³-hybridized carbons (Fsp3) is 0. The number of thiol groups is 1. The number of carbonyl (C=O) groups is 1. The van der Waals surface area contributed by atoms with Crippen LogP contribution in [0, 0.1) is 0 Å². The topological polar surface area (TPSA) is 43.1 Å². The number of rotatable bonds is 2. The van der Waals surface area contributed by atoms with Gasteiger partial charge in [0.05, 0.1) is 11.8 Å². The van der Waals surface area contributed by atoms with Crippen LogP contribution in [0.5, 0.6) is 0 Å². The van der Waals surface area contributed by atoms with Crippen molar-refractivity contribution in [1.82, 2.24) is 4.98 Å². The molecule has 0 aliphatic carbocycles. The zero-order chi connectivity index (χ0) is 13.5. The van der Waals surface area contributed by atoms with E-state index in [4.69, 9.17) is 9.21 Å². The molecular formula is C14H11NO2S2. The van der Waals surface area contributed by atoms with Crippen LogP contribution in [-0.4, -0.2) is 10.6 Å². The van der Waals surface area contributed by atoms with Crippen molar-refractivity contribution in [2.24, 2.45) is 0 Å². The molecule has 0 amide bonds. The van der Waals surface area contributed by atoms with Crippen LogP contribution >= 0.6 is 24.0 Å². The second-order valence-corrected chi connectivity index (χ2v) is 4.58. The summed E-state index contributed by atoms with van der Waals surface area (Å²) >= 11 is 4.73. The van der Waals surface area contributed by atoms with Crippen molar-refractivity contribution >= 4 is 29.6 Å². The molecule has 5 heteroatoms. The minimum Gasteiger partial charge on any atom is -0.464 e. The van der Waals surface area contributed by atoms with Gasteiger partial charge in [0.15, 0.2) is 5.62 Å². The number of thiazole rings is 1. The normalized spacial score (nSPS) is 9.53. The van der Waals surface area contributed by atoms with Crippen LogP contribution in [-0.2, 0) is 4.79 Å². The number of furan rings is 1. The van der Waals surface area contributed by atoms with Gasteiger partial charge in [-0.25, -0.2) is 4.98 Å². The Hall–Kier alpha value is -1.85. The maximum Gasteiger partial charge on any atom is 0.173 e. The molecule has 1 aromatic carbocycles. The minimum absolute atomic E-state index is 0.444. The van der Waals surface area contributed by atoms with E-state index in [0.29, 0.717) is 5.62 Å². The van der Waals surface area contributed by atoms with Crippen molar-refractivity contribution in [1.29, 1.82) is 0 Å². The van der Waals surface area contributed by atoms with Gasteiger partial charge in [-0.05, 0) is 6.07 Å². The summed E-state index contributed by atoms with van der Waals surface area (Å²) in [6, 6.07) is 12.0. The Labute approximate surface area is 120 Å². The Bertz CT molecular complexity index is 618. The fourth-order valence-electron chi connectivity index (χ4n) is 1.65. The van der Waals surface area contributed by atoms with Gasteiger partial charge in [0.25, 0.3) is 0 Å². The largest absolute Gasteiger partial charge is 0.464 e. The lowest BCUT2D eigenvalue weighted by molar-refractivity contribution is 0.570. The lowest BCUT2D eigenvalue weighted by Crippen LogP contribution is -1.77. The van der Waals surface area contributed by atoms with Crippen LogP contribution in [0.3, 0.4) is 0 Å². The maximum absolute atomic E-state index is 8.67. The summed E-state index contributed by atoms with van der Waals surface area (Å²) in [5.74, 6) is 0.885. The average Bonchev–Trinajstić information content (AvgIpc) is 3.11. The third kappa shape index (κ3) is 3.33. The summed E-state index contributed by atoms with van der Waals surface area (Å²) in [5.41, 5.74) is 2.58. The summed E-state index contributed by atoms with van der Waals surface area (Å²) < 4.78 is 5.54. The van der Waals surface area contributed by atoms with E-state index >= 15 is 0 Å². The Balaban J connectivity index is 0.000000408. The number of nitrogens with zero attached hydrogens (tertiary/aromatic N) is 1. The maximum atomic E-state index is 8.67. The van der Waals surface area contributed by atoms with E-state index in [1.807, 2.05) is 48.0 Å². The number of aromatic nitrogens is 1. The van der Waals surface area contributed by atoms with Crippen molar-refractivity contribution < 1.29 is 9.21 Å². The lowest BCUT2D eigenvalue weighted by Gasteiger charge is -1.99. The summed E-state index contributed by atoms with van der Waals surface area (Å²) in [4.78, 5) is 13.0. The number of hydrogen-bond donors (Lipinski definition) is 1. The smallest absolute Gasteiger partial charge is 0.173 e. The molecule has 2 heterocycles. The highest BCUT2D eigenvalue weighted by molar-refractivity contribution is 7.94. The highest BCUT2D eigenvalue weighted by Crippen LogP contribution is 2.33. The van der Waals surface area contributed by atoms with Crippen LogP contribution in [0.2, 0.25) is 0 Å². The van der Waals surface area contributed by atoms with Crippen molar-refractivity contribution in [3.05, 3.63) is 54.2 Å². The Kier molecular flexibility index (Phi) is 4.94. The molecule has 3 rings (SSSR count). The summed E-state index contributed by atoms with van der Waals surface area (Å²) in [7, 11) is 0. The van der Waals surface area contributed by atoms with Crippen molar-refractivity contribution in [3.8, 4) is 21.9 Å². The Morgan fingerprint density at radius 2 is 1.95 bits per heavy atom. The standard InChI is InChI=1S/C13H9NOS.CH2OS/c1-2-4-10(5-3-1)12-11(6-8-15-12)13-14-7-9-16-13;2-1-3/h1-9H;1H,(H,2,3). The third-order valence-electron chi connectivity index (χ3n) is 2.36. The van der Waals surface area contributed by atoms with Crippen LogP contribution in [0.25, 0.3) is 21.9 Å². The Morgan fingerprint density at radius 3 is 2.58 bits per heavy atom. The van der Waals surface area contributed by atoms with Gasteiger partial charge in [-0.1, -0.05) is 30.3 Å². The monoisotopic (exact) mass is 289 g/mol. The molecule has 0 aliphatic rings. The van der Waals surface area contributed by atoms with E-state index in [2.05, 4.69) is 17.6 Å². The zero-order valence-electron chi connectivity index (χ0n) is 9.89. The van der Waals surface area contributed by atoms with Gasteiger partial charge < -0.3 is 4.42 Å². The van der Waals surface area contributed by atoms with Gasteiger partial charge in [-0.3, -0.25) is 4.79 Å². The van der Waals surface area contributed by atoms with Gasteiger partial charge in [0, 0.05) is 17.1 Å². The molecule has 0 atom stereocenters. The van der Waals surface area contributed by atoms with E-state index in [1.165, 1.54) is 0 Å². The van der Waals surface area contributed by atoms with Gasteiger partial charge in [0.1, 0.15) is 10.8 Å². The average molecular weight is 289 g/mol. The number of carbonyl (C=O) groups excluding carboxylic acids is 1. The van der Waals surface area contributed by atoms with Crippen LogP contribution in [0.4, 0.5) is 0 Å². The van der Waals surface area contributed by atoms with E-state index in [-0.39, 0.29) is 0 Å². The first-order valence-corrected chi connectivity index (χ1v) is 6.87. The molecule has 0 unspecified atom stereocenters. The summed E-state index contributed by atoms with van der Waals surface area (Å²) in [6.45, 7) is 0. The lowest BCUT2D eigenvalue weighted by atomic mass is 10.1. The van der Waals surface area contributed by atoms with E-state index in [1.54, 1.807) is 17.6 Å². The second-order valence-electron chi connectivity index (χ2n) is 3.47. The Morgan fingerprint density at radius 1 is 1.21 bits per heavy atom. The fourth-order valence-corrected chi connectivity index (χ4v) is 2.31. The first-order valence-electron chi connectivity index (χ1n) is 5.47. The minimum atomic E-state index is 0.444. The van der Waals surface area contributed by atoms with Gasteiger partial charge in [-0.15, -0.1) is 24.0 Å². The van der Waals surface area contributed by atoms with Crippen LogP contribution in [0.15, 0.2) is 58.7 Å². The zero-order valence-corrected chi connectivity index (χ0v) is 11.6. The molecule has 2 aromatic heterocycles. The first-order chi connectivity index (χ1) is 9.36. The van der Waals surface area contributed by atoms with E-state index in [9.17, 15) is 0 Å². The first kappa shape index (κ1) is 13.6. The van der Waals surface area contributed by atoms with Gasteiger partial charge in [0.2, 0.25) is 0 Å². The molecule has 0 fully saturated rings. The summed E-state index contributed by atoms with van der Waals surface area (Å²) in [6.07, 6.45) is 3.51. The SMILES string of the molecule is O=CS.c1ccc(-c2occc2-c2nccs2)cc1. The van der Waals surface area contributed by atoms with Crippen molar-refractivity contribution in [2.75, 3.05) is 0 Å². The molecule has 0 bridgehead atoms. The van der Waals surface area contributed by atoms with Crippen molar-refractivity contribution in [2.45, 2.75) is 0 Å².